The van der Waals surface area contributed by atoms with Crippen LogP contribution in [0.1, 0.15) is 49.0 Å². The summed E-state index contributed by atoms with van der Waals surface area (Å²) in [7, 11) is 0. The number of carbonyl (C=O) groups excluding carboxylic acids is 2. The molecule has 0 aromatic heterocycles. The number of likely N-dealkylation sites (tertiary alicyclic amines) is 1. The molecule has 0 spiro atoms. The number of ether oxygens (including phenoxy) is 1. The van der Waals surface area contributed by atoms with Gasteiger partial charge in [0.25, 0.3) is 5.91 Å². The van der Waals surface area contributed by atoms with Crippen LogP contribution in [0.25, 0.3) is 0 Å². The summed E-state index contributed by atoms with van der Waals surface area (Å²) in [6.45, 7) is 3.80. The maximum absolute atomic E-state index is 12.4. The predicted octanol–water partition coefficient (Wildman–Crippen LogP) is 2.70. The summed E-state index contributed by atoms with van der Waals surface area (Å²) < 4.78 is 5.19. The number of benzene rings is 1. The average molecular weight is 314 g/mol. The number of nitrogens with zero attached hydrogens (tertiary/aromatic N) is 2. The second kappa shape index (κ2) is 7.77. The van der Waals surface area contributed by atoms with Crippen molar-refractivity contribution < 1.29 is 14.3 Å². The van der Waals surface area contributed by atoms with Crippen molar-refractivity contribution in [3.63, 3.8) is 0 Å². The quantitative estimate of drug-likeness (QED) is 0.801. The van der Waals surface area contributed by atoms with Crippen LogP contribution in [-0.2, 0) is 16.0 Å². The number of nitriles is 1. The van der Waals surface area contributed by atoms with Gasteiger partial charge >= 0.3 is 5.97 Å². The van der Waals surface area contributed by atoms with Gasteiger partial charge in [-0.2, -0.15) is 5.26 Å². The van der Waals surface area contributed by atoms with E-state index in [1.165, 1.54) is 0 Å². The molecule has 5 nitrogen and oxygen atoms in total. The standard InChI is InChI=1S/C18H22N2O3/c1-13-6-5-7-14(2)20(13)17(21)12-23-18(22)16-9-4-3-8-15(16)10-11-19/h3-4,8-9,13-14H,5-7,10,12H2,1-2H3/t13-,14+. The molecule has 0 radical (unpaired) electrons. The van der Waals surface area contributed by atoms with Gasteiger partial charge in [-0.15, -0.1) is 0 Å². The maximum Gasteiger partial charge on any atom is 0.338 e. The molecule has 1 aromatic carbocycles. The first-order chi connectivity index (χ1) is 11.0. The van der Waals surface area contributed by atoms with Crippen molar-refractivity contribution in [3.8, 4) is 6.07 Å². The van der Waals surface area contributed by atoms with E-state index < -0.39 is 5.97 Å². The van der Waals surface area contributed by atoms with E-state index in [0.717, 1.165) is 19.3 Å². The third-order valence-electron chi connectivity index (χ3n) is 4.32. The minimum Gasteiger partial charge on any atom is -0.452 e. The number of esters is 1. The summed E-state index contributed by atoms with van der Waals surface area (Å²) in [6, 6.07) is 9.20. The lowest BCUT2D eigenvalue weighted by atomic mass is 9.97. The molecule has 23 heavy (non-hydrogen) atoms. The Kier molecular flexibility index (Phi) is 5.75. The summed E-state index contributed by atoms with van der Waals surface area (Å²) in [5.74, 6) is -0.711. The van der Waals surface area contributed by atoms with Gasteiger partial charge < -0.3 is 9.64 Å². The molecule has 1 aliphatic heterocycles. The van der Waals surface area contributed by atoms with Crippen LogP contribution in [0, 0.1) is 11.3 Å². The van der Waals surface area contributed by atoms with Gasteiger partial charge in [-0.1, -0.05) is 18.2 Å². The number of piperidine rings is 1. The van der Waals surface area contributed by atoms with Crippen molar-refractivity contribution >= 4 is 11.9 Å². The molecule has 2 atom stereocenters. The normalized spacial score (nSPS) is 20.7. The van der Waals surface area contributed by atoms with Crippen molar-refractivity contribution in [1.29, 1.82) is 5.26 Å². The maximum atomic E-state index is 12.4. The minimum absolute atomic E-state index is 0.138. The van der Waals surface area contributed by atoms with Gasteiger partial charge in [0.2, 0.25) is 0 Å². The zero-order valence-corrected chi connectivity index (χ0v) is 13.6. The van der Waals surface area contributed by atoms with Crippen molar-refractivity contribution in [2.45, 2.75) is 51.6 Å². The molecule has 1 fully saturated rings. The Morgan fingerprint density at radius 2 is 1.91 bits per heavy atom. The highest BCUT2D eigenvalue weighted by atomic mass is 16.5. The SMILES string of the molecule is C[C@@H]1CCC[C@H](C)N1C(=O)COC(=O)c1ccccc1CC#N. The van der Waals surface area contributed by atoms with Gasteiger partial charge in [-0.25, -0.2) is 4.79 Å². The zero-order chi connectivity index (χ0) is 16.8. The molecule has 0 bridgehead atoms. The van der Waals surface area contributed by atoms with Crippen LogP contribution in [0.5, 0.6) is 0 Å². The fourth-order valence-corrected chi connectivity index (χ4v) is 3.15. The van der Waals surface area contributed by atoms with Gasteiger partial charge in [0, 0.05) is 12.1 Å². The Labute approximate surface area is 136 Å². The lowest BCUT2D eigenvalue weighted by molar-refractivity contribution is -0.140. The van der Waals surface area contributed by atoms with Gasteiger partial charge in [-0.3, -0.25) is 4.79 Å². The summed E-state index contributed by atoms with van der Waals surface area (Å²) in [6.07, 6.45) is 3.22. The zero-order valence-electron chi connectivity index (χ0n) is 13.6. The second-order valence-corrected chi connectivity index (χ2v) is 6.00. The van der Waals surface area contributed by atoms with Crippen LogP contribution >= 0.6 is 0 Å². The molecule has 1 saturated heterocycles. The molecule has 0 N–H and O–H groups in total. The molecule has 0 saturated carbocycles. The first kappa shape index (κ1) is 17.0. The number of hydrogen-bond acceptors (Lipinski definition) is 4. The van der Waals surface area contributed by atoms with E-state index in [1.807, 2.05) is 24.8 Å². The first-order valence-corrected chi connectivity index (χ1v) is 7.97. The molecule has 2 rings (SSSR count). The summed E-state index contributed by atoms with van der Waals surface area (Å²) in [5, 5.41) is 8.81. The highest BCUT2D eigenvalue weighted by molar-refractivity contribution is 5.92. The fraction of sp³-hybridized carbons (Fsp3) is 0.500. The largest absolute Gasteiger partial charge is 0.452 e. The van der Waals surface area contributed by atoms with E-state index in [4.69, 9.17) is 10.00 Å². The molecule has 1 amide bonds. The Hall–Kier alpha value is -2.35. The number of hydrogen-bond donors (Lipinski definition) is 0. The van der Waals surface area contributed by atoms with Gasteiger partial charge in [0.1, 0.15) is 0 Å². The molecule has 122 valence electrons. The van der Waals surface area contributed by atoms with Crippen molar-refractivity contribution in [2.75, 3.05) is 6.61 Å². The van der Waals surface area contributed by atoms with Crippen molar-refractivity contribution in [3.05, 3.63) is 35.4 Å². The van der Waals surface area contributed by atoms with Crippen LogP contribution < -0.4 is 0 Å². The number of rotatable bonds is 4. The van der Waals surface area contributed by atoms with E-state index in [-0.39, 0.29) is 31.0 Å². The van der Waals surface area contributed by atoms with E-state index in [0.29, 0.717) is 11.1 Å². The summed E-state index contributed by atoms with van der Waals surface area (Å²) in [4.78, 5) is 26.4. The molecular weight excluding hydrogens is 292 g/mol. The van der Waals surface area contributed by atoms with E-state index in [2.05, 4.69) is 0 Å². The third kappa shape index (κ3) is 4.10. The Morgan fingerprint density at radius 3 is 2.57 bits per heavy atom. The highest BCUT2D eigenvalue weighted by Gasteiger charge is 2.29. The van der Waals surface area contributed by atoms with Crippen LogP contribution in [0.4, 0.5) is 0 Å². The van der Waals surface area contributed by atoms with E-state index in [1.54, 1.807) is 24.3 Å². The lowest BCUT2D eigenvalue weighted by Crippen LogP contribution is -2.49. The lowest BCUT2D eigenvalue weighted by Gasteiger charge is -2.38. The van der Waals surface area contributed by atoms with E-state index in [9.17, 15) is 9.59 Å². The minimum atomic E-state index is -0.554. The molecule has 1 heterocycles. The second-order valence-electron chi connectivity index (χ2n) is 6.00. The summed E-state index contributed by atoms with van der Waals surface area (Å²) in [5.41, 5.74) is 0.966. The number of carbonyl (C=O) groups is 2. The summed E-state index contributed by atoms with van der Waals surface area (Å²) >= 11 is 0. The molecule has 0 aliphatic carbocycles. The first-order valence-electron chi connectivity index (χ1n) is 7.97. The molecular formula is C18H22N2O3. The Bertz CT molecular complexity index is 611. The van der Waals surface area contributed by atoms with Crippen LogP contribution in [-0.4, -0.2) is 35.5 Å². The predicted molar refractivity (Wildman–Crippen MR) is 85.7 cm³/mol. The molecule has 5 heteroatoms. The average Bonchev–Trinajstić information content (AvgIpc) is 2.53. The van der Waals surface area contributed by atoms with Gasteiger partial charge in [0.05, 0.1) is 18.1 Å². The highest BCUT2D eigenvalue weighted by Crippen LogP contribution is 2.22. The smallest absolute Gasteiger partial charge is 0.338 e. The van der Waals surface area contributed by atoms with Crippen LogP contribution in [0.2, 0.25) is 0 Å². The van der Waals surface area contributed by atoms with Crippen LogP contribution in [0.15, 0.2) is 24.3 Å². The monoisotopic (exact) mass is 314 g/mol. The van der Waals surface area contributed by atoms with Crippen molar-refractivity contribution in [1.82, 2.24) is 4.90 Å². The third-order valence-corrected chi connectivity index (χ3v) is 4.32. The molecule has 1 aromatic rings. The number of amides is 1. The molecule has 1 aliphatic rings. The van der Waals surface area contributed by atoms with Crippen molar-refractivity contribution in [2.24, 2.45) is 0 Å². The Morgan fingerprint density at radius 1 is 1.26 bits per heavy atom. The van der Waals surface area contributed by atoms with E-state index >= 15 is 0 Å². The topological polar surface area (TPSA) is 70.4 Å². The van der Waals surface area contributed by atoms with Gasteiger partial charge in [-0.05, 0) is 44.7 Å². The Balaban J connectivity index is 1.99. The molecule has 0 unspecified atom stereocenters. The van der Waals surface area contributed by atoms with Crippen LogP contribution in [0.3, 0.4) is 0 Å². The van der Waals surface area contributed by atoms with Gasteiger partial charge in [0.15, 0.2) is 6.61 Å². The fourth-order valence-electron chi connectivity index (χ4n) is 3.15.